The second kappa shape index (κ2) is 9.30. The number of nitrogens with zero attached hydrogens (tertiary/aromatic N) is 2. The molecule has 0 spiro atoms. The number of benzene rings is 2. The van der Waals surface area contributed by atoms with Gasteiger partial charge in [-0.05, 0) is 31.2 Å². The molecule has 1 saturated heterocycles. The number of methoxy groups -OCH3 is 1. The fourth-order valence-corrected chi connectivity index (χ4v) is 3.96. The SMILES string of the molecule is COc1ccc(C)cc1C[NH+](C)CC(=O)N1CCN(c2ccccc2Cl)CC1. The summed E-state index contributed by atoms with van der Waals surface area (Å²) in [4.78, 5) is 18.1. The number of quaternary nitrogens is 1. The summed E-state index contributed by atoms with van der Waals surface area (Å²) in [6.07, 6.45) is 0. The Kier molecular flexibility index (Phi) is 6.81. The number of rotatable bonds is 6. The lowest BCUT2D eigenvalue weighted by atomic mass is 10.1. The van der Waals surface area contributed by atoms with E-state index in [0.717, 1.165) is 59.6 Å². The topological polar surface area (TPSA) is 37.2 Å². The Balaban J connectivity index is 1.53. The molecule has 1 aliphatic rings. The van der Waals surface area contributed by atoms with Gasteiger partial charge in [-0.1, -0.05) is 35.4 Å². The average molecular weight is 403 g/mol. The molecule has 2 aromatic carbocycles. The number of amides is 1. The van der Waals surface area contributed by atoms with Crippen molar-refractivity contribution < 1.29 is 14.4 Å². The van der Waals surface area contributed by atoms with Crippen LogP contribution in [0, 0.1) is 6.92 Å². The first-order chi connectivity index (χ1) is 13.5. The fraction of sp³-hybridized carbons (Fsp3) is 0.409. The van der Waals surface area contributed by atoms with Crippen molar-refractivity contribution in [2.24, 2.45) is 0 Å². The lowest BCUT2D eigenvalue weighted by molar-refractivity contribution is -0.885. The number of para-hydroxylation sites is 1. The molecular formula is C22H29ClN3O2+. The van der Waals surface area contributed by atoms with Crippen LogP contribution in [-0.4, -0.2) is 57.7 Å². The van der Waals surface area contributed by atoms with E-state index < -0.39 is 0 Å². The first kappa shape index (κ1) is 20.5. The molecule has 1 heterocycles. The van der Waals surface area contributed by atoms with Crippen LogP contribution < -0.4 is 14.5 Å². The van der Waals surface area contributed by atoms with Gasteiger partial charge in [-0.15, -0.1) is 0 Å². The maximum Gasteiger partial charge on any atom is 0.277 e. The van der Waals surface area contributed by atoms with Crippen molar-refractivity contribution in [1.29, 1.82) is 0 Å². The van der Waals surface area contributed by atoms with Gasteiger partial charge in [-0.2, -0.15) is 0 Å². The molecule has 1 unspecified atom stereocenters. The molecule has 1 N–H and O–H groups in total. The van der Waals surface area contributed by atoms with Crippen LogP contribution in [0.25, 0.3) is 0 Å². The number of halogens is 1. The van der Waals surface area contributed by atoms with Gasteiger partial charge in [0, 0.05) is 31.7 Å². The van der Waals surface area contributed by atoms with Gasteiger partial charge in [-0.3, -0.25) is 4.79 Å². The number of carbonyl (C=O) groups is 1. The Labute approximate surface area is 172 Å². The number of carbonyl (C=O) groups excluding carboxylic acids is 1. The highest BCUT2D eigenvalue weighted by molar-refractivity contribution is 6.33. The second-order valence-corrected chi connectivity index (χ2v) is 7.85. The van der Waals surface area contributed by atoms with Crippen molar-refractivity contribution in [3.8, 4) is 5.75 Å². The van der Waals surface area contributed by atoms with Crippen LogP contribution in [0.2, 0.25) is 5.02 Å². The molecule has 6 heteroatoms. The molecule has 0 radical (unpaired) electrons. The van der Waals surface area contributed by atoms with E-state index in [-0.39, 0.29) is 5.91 Å². The number of hydrogen-bond donors (Lipinski definition) is 1. The number of nitrogens with one attached hydrogen (secondary N) is 1. The monoisotopic (exact) mass is 402 g/mol. The number of hydrogen-bond acceptors (Lipinski definition) is 3. The van der Waals surface area contributed by atoms with Crippen LogP contribution in [0.15, 0.2) is 42.5 Å². The quantitative estimate of drug-likeness (QED) is 0.803. The lowest BCUT2D eigenvalue weighted by Gasteiger charge is -2.36. The summed E-state index contributed by atoms with van der Waals surface area (Å²) in [7, 11) is 3.74. The summed E-state index contributed by atoms with van der Waals surface area (Å²) in [6.45, 7) is 6.37. The number of likely N-dealkylation sites (N-methyl/N-ethyl adjacent to an activating group) is 1. The van der Waals surface area contributed by atoms with Crippen LogP contribution in [0.4, 0.5) is 5.69 Å². The van der Waals surface area contributed by atoms with E-state index in [1.807, 2.05) is 41.3 Å². The Morgan fingerprint density at radius 1 is 1.14 bits per heavy atom. The van der Waals surface area contributed by atoms with Crippen molar-refractivity contribution >= 4 is 23.2 Å². The van der Waals surface area contributed by atoms with E-state index in [4.69, 9.17) is 16.3 Å². The zero-order chi connectivity index (χ0) is 20.1. The zero-order valence-corrected chi connectivity index (χ0v) is 17.6. The predicted octanol–water partition coefficient (Wildman–Crippen LogP) is 2.02. The number of anilines is 1. The molecule has 150 valence electrons. The highest BCUT2D eigenvalue weighted by Gasteiger charge is 2.24. The third-order valence-electron chi connectivity index (χ3n) is 5.21. The van der Waals surface area contributed by atoms with Gasteiger partial charge in [0.2, 0.25) is 0 Å². The fourth-order valence-electron chi connectivity index (χ4n) is 3.71. The molecule has 0 aromatic heterocycles. The van der Waals surface area contributed by atoms with Crippen LogP contribution in [-0.2, 0) is 11.3 Å². The molecule has 1 amide bonds. The van der Waals surface area contributed by atoms with E-state index in [9.17, 15) is 4.79 Å². The molecule has 28 heavy (non-hydrogen) atoms. The van der Waals surface area contributed by atoms with Crippen molar-refractivity contribution in [3.63, 3.8) is 0 Å². The predicted molar refractivity (Wildman–Crippen MR) is 113 cm³/mol. The molecule has 3 rings (SSSR count). The highest BCUT2D eigenvalue weighted by Crippen LogP contribution is 2.26. The molecule has 2 aromatic rings. The van der Waals surface area contributed by atoms with Crippen molar-refractivity contribution in [2.45, 2.75) is 13.5 Å². The van der Waals surface area contributed by atoms with Gasteiger partial charge in [0.15, 0.2) is 6.54 Å². The maximum absolute atomic E-state index is 12.8. The van der Waals surface area contributed by atoms with Crippen molar-refractivity contribution in [1.82, 2.24) is 4.90 Å². The summed E-state index contributed by atoms with van der Waals surface area (Å²) in [5.74, 6) is 1.08. The lowest BCUT2D eigenvalue weighted by Crippen LogP contribution is -3.09. The van der Waals surface area contributed by atoms with Gasteiger partial charge in [0.05, 0.1) is 24.9 Å². The number of ether oxygens (including phenoxy) is 1. The normalized spacial score (nSPS) is 15.4. The van der Waals surface area contributed by atoms with Crippen LogP contribution in [0.3, 0.4) is 0 Å². The highest BCUT2D eigenvalue weighted by atomic mass is 35.5. The van der Waals surface area contributed by atoms with Gasteiger partial charge in [-0.25, -0.2) is 0 Å². The summed E-state index contributed by atoms with van der Waals surface area (Å²) in [5, 5.41) is 0.763. The van der Waals surface area contributed by atoms with Crippen molar-refractivity contribution in [2.75, 3.05) is 51.8 Å². The minimum absolute atomic E-state index is 0.197. The van der Waals surface area contributed by atoms with E-state index >= 15 is 0 Å². The Hall–Kier alpha value is -2.24. The van der Waals surface area contributed by atoms with E-state index in [1.54, 1.807) is 7.11 Å². The van der Waals surface area contributed by atoms with E-state index in [0.29, 0.717) is 6.54 Å². The average Bonchev–Trinajstić information content (AvgIpc) is 2.68. The standard InChI is InChI=1S/C22H28ClN3O2/c1-17-8-9-21(28-3)18(14-17)15-24(2)16-22(27)26-12-10-25(11-13-26)20-7-5-4-6-19(20)23/h4-9,14H,10-13,15-16H2,1-3H3/p+1. The van der Waals surface area contributed by atoms with E-state index in [2.05, 4.69) is 24.9 Å². The minimum Gasteiger partial charge on any atom is -0.496 e. The van der Waals surface area contributed by atoms with Gasteiger partial charge in [0.1, 0.15) is 12.3 Å². The molecule has 5 nitrogen and oxygen atoms in total. The first-order valence-electron chi connectivity index (χ1n) is 9.70. The molecule has 0 saturated carbocycles. The third kappa shape index (κ3) is 4.97. The van der Waals surface area contributed by atoms with Gasteiger partial charge >= 0.3 is 0 Å². The Bertz CT molecular complexity index is 819. The van der Waals surface area contributed by atoms with E-state index in [1.165, 1.54) is 5.56 Å². The number of aryl methyl sites for hydroxylation is 1. The van der Waals surface area contributed by atoms with Gasteiger partial charge in [0.25, 0.3) is 5.91 Å². The third-order valence-corrected chi connectivity index (χ3v) is 5.53. The van der Waals surface area contributed by atoms with Crippen LogP contribution in [0.1, 0.15) is 11.1 Å². The van der Waals surface area contributed by atoms with Crippen LogP contribution in [0.5, 0.6) is 5.75 Å². The Morgan fingerprint density at radius 2 is 1.86 bits per heavy atom. The summed E-state index contributed by atoms with van der Waals surface area (Å²) >= 11 is 6.30. The Morgan fingerprint density at radius 3 is 2.54 bits per heavy atom. The minimum atomic E-state index is 0.197. The molecule has 1 fully saturated rings. The zero-order valence-electron chi connectivity index (χ0n) is 16.9. The molecule has 1 aliphatic heterocycles. The van der Waals surface area contributed by atoms with Crippen LogP contribution >= 0.6 is 11.6 Å². The second-order valence-electron chi connectivity index (χ2n) is 7.45. The van der Waals surface area contributed by atoms with Gasteiger partial charge < -0.3 is 19.4 Å². The smallest absolute Gasteiger partial charge is 0.277 e. The summed E-state index contributed by atoms with van der Waals surface area (Å²) in [6, 6.07) is 14.0. The summed E-state index contributed by atoms with van der Waals surface area (Å²) < 4.78 is 5.46. The molecule has 0 aliphatic carbocycles. The first-order valence-corrected chi connectivity index (χ1v) is 10.1. The number of piperazine rings is 1. The molecule has 1 atom stereocenters. The largest absolute Gasteiger partial charge is 0.496 e. The van der Waals surface area contributed by atoms with Crippen molar-refractivity contribution in [3.05, 3.63) is 58.6 Å². The molecule has 0 bridgehead atoms. The molecular weight excluding hydrogens is 374 g/mol. The maximum atomic E-state index is 12.8. The summed E-state index contributed by atoms with van der Waals surface area (Å²) in [5.41, 5.74) is 3.38.